The van der Waals surface area contributed by atoms with Crippen LogP contribution in [0.4, 0.5) is 13.2 Å². The van der Waals surface area contributed by atoms with Gasteiger partial charge in [-0.05, 0) is 55.7 Å². The third kappa shape index (κ3) is 5.13. The number of pyridine rings is 1. The summed E-state index contributed by atoms with van der Waals surface area (Å²) in [7, 11) is 0. The summed E-state index contributed by atoms with van der Waals surface area (Å²) in [4.78, 5) is 32.7. The summed E-state index contributed by atoms with van der Waals surface area (Å²) in [6, 6.07) is 6.02. The normalized spacial score (nSPS) is 29.7. The average molecular weight is 462 g/mol. The number of nitrogens with zero attached hydrogens (tertiary/aromatic N) is 3. The van der Waals surface area contributed by atoms with Crippen molar-refractivity contribution in [3.8, 4) is 0 Å². The first-order chi connectivity index (χ1) is 15.5. The molecule has 0 spiro atoms. The van der Waals surface area contributed by atoms with Crippen molar-refractivity contribution >= 4 is 11.9 Å². The number of carbonyl (C=O) groups is 2. The fourth-order valence-electron chi connectivity index (χ4n) is 5.83. The van der Waals surface area contributed by atoms with Crippen LogP contribution in [0, 0.1) is 11.8 Å². The van der Waals surface area contributed by atoms with Crippen molar-refractivity contribution in [3.63, 3.8) is 0 Å². The van der Waals surface area contributed by atoms with E-state index in [-0.39, 0.29) is 17.0 Å². The van der Waals surface area contributed by atoms with Gasteiger partial charge in [0.25, 0.3) is 5.91 Å². The molecule has 11 heteroatoms. The Morgan fingerprint density at radius 1 is 1.06 bits per heavy atom. The number of carboxylic acids is 1. The lowest BCUT2D eigenvalue weighted by Gasteiger charge is -2.65. The molecule has 176 valence electrons. The molecule has 1 amide bonds. The van der Waals surface area contributed by atoms with Crippen molar-refractivity contribution < 1.29 is 27.9 Å². The number of rotatable bonds is 3. The van der Waals surface area contributed by atoms with Crippen LogP contribution in [0.15, 0.2) is 36.7 Å². The Hall–Kier alpha value is -3.08. The van der Waals surface area contributed by atoms with Crippen molar-refractivity contribution in [3.05, 3.63) is 59.6 Å². The van der Waals surface area contributed by atoms with E-state index in [0.29, 0.717) is 23.6 Å². The topological polar surface area (TPSA) is 129 Å². The van der Waals surface area contributed by atoms with Gasteiger partial charge in [-0.2, -0.15) is 13.2 Å². The minimum atomic E-state index is -4.65. The highest BCUT2D eigenvalue weighted by molar-refractivity contribution is 5.92. The number of hydrogen-bond acceptors (Lipinski definition) is 5. The van der Waals surface area contributed by atoms with Gasteiger partial charge in [-0.25, -0.2) is 14.8 Å². The van der Waals surface area contributed by atoms with E-state index in [1.807, 2.05) is 12.1 Å². The number of alkyl halides is 3. The van der Waals surface area contributed by atoms with Gasteiger partial charge in [0.2, 0.25) is 5.82 Å². The Labute approximate surface area is 187 Å². The molecule has 3 N–H and O–H groups in total. The van der Waals surface area contributed by atoms with Crippen LogP contribution >= 0.6 is 0 Å². The number of nitrogens with one attached hydrogen (secondary N) is 2. The summed E-state index contributed by atoms with van der Waals surface area (Å²) >= 11 is 0. The molecule has 2 atom stereocenters. The fourth-order valence-corrected chi connectivity index (χ4v) is 5.83. The van der Waals surface area contributed by atoms with Crippen LogP contribution < -0.4 is 5.32 Å². The van der Waals surface area contributed by atoms with Gasteiger partial charge in [-0.1, -0.05) is 18.9 Å². The van der Waals surface area contributed by atoms with Crippen molar-refractivity contribution in [2.24, 2.45) is 11.8 Å². The van der Waals surface area contributed by atoms with Gasteiger partial charge in [-0.3, -0.25) is 9.78 Å². The molecule has 2 heterocycles. The highest BCUT2D eigenvalue weighted by Gasteiger charge is 2.53. The maximum atomic E-state index is 12.4. The molecule has 0 radical (unpaired) electrons. The molecule has 4 bridgehead atoms. The summed E-state index contributed by atoms with van der Waals surface area (Å²) in [5, 5.41) is 11.5. The highest BCUT2D eigenvalue weighted by atomic mass is 19.4. The Bertz CT molecular complexity index is 1030. The number of halogens is 3. The quantitative estimate of drug-likeness (QED) is 0.705. The molecule has 6 rings (SSSR count). The highest BCUT2D eigenvalue weighted by Crippen LogP contribution is 2.58. The van der Waals surface area contributed by atoms with E-state index in [4.69, 9.17) is 10.8 Å². The third-order valence-electron chi connectivity index (χ3n) is 6.47. The van der Waals surface area contributed by atoms with Crippen LogP contribution in [0.3, 0.4) is 0 Å². The van der Waals surface area contributed by atoms with Crippen molar-refractivity contribution in [1.82, 2.24) is 20.3 Å². The fraction of sp³-hybridized carbons (Fsp3) is 0.500. The lowest BCUT2D eigenvalue weighted by atomic mass is 9.50. The number of amides is 1. The van der Waals surface area contributed by atoms with E-state index in [2.05, 4.69) is 20.3 Å². The summed E-state index contributed by atoms with van der Waals surface area (Å²) < 4.78 is 35.8. The van der Waals surface area contributed by atoms with Gasteiger partial charge in [0.15, 0.2) is 0 Å². The Morgan fingerprint density at radius 2 is 1.76 bits per heavy atom. The predicted molar refractivity (Wildman–Crippen MR) is 110 cm³/mol. The van der Waals surface area contributed by atoms with Gasteiger partial charge in [0, 0.05) is 17.9 Å². The van der Waals surface area contributed by atoms with E-state index in [9.17, 15) is 22.8 Å². The number of carboxylic acid groups (broad SMARTS) is 1. The summed E-state index contributed by atoms with van der Waals surface area (Å²) in [5.74, 6) is -1.26. The largest absolute Gasteiger partial charge is 0.672 e. The molecule has 4 fully saturated rings. The lowest BCUT2D eigenvalue weighted by Crippen LogP contribution is -2.64. The second-order valence-corrected chi connectivity index (χ2v) is 9.26. The zero-order valence-corrected chi connectivity index (χ0v) is 17.6. The minimum Gasteiger partial charge on any atom is -0.672 e. The maximum Gasteiger partial charge on any atom is 0.433 e. The molecule has 4 aliphatic rings. The summed E-state index contributed by atoms with van der Waals surface area (Å²) in [6.07, 6.45) is 4.03. The molecule has 8 nitrogen and oxygen atoms in total. The average Bonchev–Trinajstić information content (AvgIpc) is 2.72. The van der Waals surface area contributed by atoms with Crippen LogP contribution in [-0.4, -0.2) is 43.0 Å². The number of carbonyl (C=O) groups excluding carboxylic acids is 1. The smallest absolute Gasteiger partial charge is 0.433 e. The maximum absolute atomic E-state index is 12.4. The monoisotopic (exact) mass is 462 g/mol. The molecule has 2 aromatic rings. The van der Waals surface area contributed by atoms with E-state index >= 15 is 0 Å². The summed E-state index contributed by atoms with van der Waals surface area (Å²) in [5.41, 5.74) is 7.41. The van der Waals surface area contributed by atoms with Gasteiger partial charge >= 0.3 is 12.1 Å². The number of hydrogen-bond donors (Lipinski definition) is 2. The Balaban J connectivity index is 0.000000174. The number of aromatic nitrogens is 3. The Morgan fingerprint density at radius 3 is 2.30 bits per heavy atom. The molecule has 4 aliphatic carbocycles. The van der Waals surface area contributed by atoms with Crippen molar-refractivity contribution in [2.75, 3.05) is 0 Å². The molecule has 4 saturated carbocycles. The zero-order valence-electron chi connectivity index (χ0n) is 17.6. The number of aromatic carboxylic acids is 1. The molecule has 0 aliphatic heterocycles. The standard InChI is InChI=1S/C16H20N3O.C6H3F3N2O2/c17-15-6-11-5-12(7-15)9-16(8-11,10-15)19-14(20)13-3-1-2-4-18-13;7-6(8,9)3-1-2-10-4(11-3)5(12)13/h1-4,11-12,17H,5-10H2,(H,19,20);1-2H,(H,12,13)/q-1;. The second kappa shape index (κ2) is 8.36. The van der Waals surface area contributed by atoms with E-state index in [0.717, 1.165) is 38.3 Å². The second-order valence-electron chi connectivity index (χ2n) is 9.26. The molecule has 33 heavy (non-hydrogen) atoms. The van der Waals surface area contributed by atoms with E-state index < -0.39 is 23.7 Å². The van der Waals surface area contributed by atoms with Crippen molar-refractivity contribution in [1.29, 1.82) is 0 Å². The molecule has 0 saturated heterocycles. The van der Waals surface area contributed by atoms with Crippen LogP contribution in [0.5, 0.6) is 0 Å². The first kappa shape index (κ1) is 23.1. The van der Waals surface area contributed by atoms with Crippen molar-refractivity contribution in [2.45, 2.75) is 55.8 Å². The van der Waals surface area contributed by atoms with E-state index in [1.165, 1.54) is 6.42 Å². The van der Waals surface area contributed by atoms with Gasteiger partial charge < -0.3 is 16.2 Å². The minimum absolute atomic E-state index is 0.0730. The first-order valence-corrected chi connectivity index (χ1v) is 10.6. The predicted octanol–water partition coefficient (Wildman–Crippen LogP) is 4.15. The van der Waals surface area contributed by atoms with E-state index in [1.54, 1.807) is 12.3 Å². The summed E-state index contributed by atoms with van der Waals surface area (Å²) in [6.45, 7) is 0. The Kier molecular flexibility index (Phi) is 5.85. The molecular formula is C22H23F3N5O3-. The first-order valence-electron chi connectivity index (χ1n) is 10.6. The van der Waals surface area contributed by atoms with Crippen LogP contribution in [0.1, 0.15) is 65.3 Å². The van der Waals surface area contributed by atoms with Gasteiger partial charge in [-0.15, -0.1) is 5.54 Å². The van der Waals surface area contributed by atoms with Crippen LogP contribution in [0.2, 0.25) is 0 Å². The van der Waals surface area contributed by atoms with Gasteiger partial charge in [0.05, 0.1) is 0 Å². The molecule has 2 unspecified atom stereocenters. The molecular weight excluding hydrogens is 439 g/mol. The van der Waals surface area contributed by atoms with Crippen LogP contribution in [-0.2, 0) is 6.18 Å². The zero-order chi connectivity index (χ0) is 23.9. The molecule has 0 aromatic carbocycles. The van der Waals surface area contributed by atoms with Crippen LogP contribution in [0.25, 0.3) is 5.73 Å². The van der Waals surface area contributed by atoms with Gasteiger partial charge in [0.1, 0.15) is 11.4 Å². The SMILES string of the molecule is O=C(O)c1nccc(C(F)(F)F)n1.[NH-]C12CC3CC(C1)CC(NC(=O)c1ccccn1)(C3)C2. The molecule has 2 aromatic heterocycles. The lowest BCUT2D eigenvalue weighted by molar-refractivity contribution is -0.141. The third-order valence-corrected chi connectivity index (χ3v) is 6.47.